The fourth-order valence-corrected chi connectivity index (χ4v) is 3.79. The van der Waals surface area contributed by atoms with Gasteiger partial charge in [-0.1, -0.05) is 28.1 Å². The van der Waals surface area contributed by atoms with E-state index in [2.05, 4.69) is 47.9 Å². The Balaban J connectivity index is 2.12. The van der Waals surface area contributed by atoms with Crippen molar-refractivity contribution in [2.75, 3.05) is 0 Å². The lowest BCUT2D eigenvalue weighted by atomic mass is 10.1. The van der Waals surface area contributed by atoms with Gasteiger partial charge in [-0.2, -0.15) is 5.26 Å². The lowest BCUT2D eigenvalue weighted by Gasteiger charge is -2.15. The first-order chi connectivity index (χ1) is 12.0. The van der Waals surface area contributed by atoms with Crippen molar-refractivity contribution in [3.05, 3.63) is 56.7 Å². The maximum absolute atomic E-state index is 9.63. The van der Waals surface area contributed by atoms with E-state index in [1.165, 1.54) is 0 Å². The highest BCUT2D eigenvalue weighted by Crippen LogP contribution is 2.35. The summed E-state index contributed by atoms with van der Waals surface area (Å²) in [4.78, 5) is 7.70. The van der Waals surface area contributed by atoms with Crippen LogP contribution in [0.3, 0.4) is 0 Å². The Hall–Kier alpha value is -2.10. The number of ether oxygens (including phenoxy) is 1. The molecule has 1 heterocycles. The molecule has 0 aliphatic rings. The Labute approximate surface area is 162 Å². The number of imidazole rings is 1. The Bertz CT molecular complexity index is 967. The fraction of sp³-hybridized carbons (Fsp3) is 0.158. The van der Waals surface area contributed by atoms with Crippen LogP contribution in [0.1, 0.15) is 25.2 Å². The molecule has 3 aromatic rings. The number of hydrogen-bond acceptors (Lipinski definition) is 3. The molecule has 25 heavy (non-hydrogen) atoms. The van der Waals surface area contributed by atoms with Crippen LogP contribution < -0.4 is 4.74 Å². The largest absolute Gasteiger partial charge is 0.489 e. The average molecular weight is 461 g/mol. The molecule has 2 aromatic carbocycles. The molecule has 3 rings (SSSR count). The van der Waals surface area contributed by atoms with Crippen LogP contribution in [0.25, 0.3) is 22.7 Å². The molecule has 6 heteroatoms. The molecule has 0 amide bonds. The van der Waals surface area contributed by atoms with E-state index in [1.54, 1.807) is 6.08 Å². The quantitative estimate of drug-likeness (QED) is 0.490. The average Bonchev–Trinajstić information content (AvgIpc) is 2.99. The number of hydrogen-bond donors (Lipinski definition) is 1. The molecule has 126 valence electrons. The van der Waals surface area contributed by atoms with Crippen molar-refractivity contribution >= 4 is 54.5 Å². The third kappa shape index (κ3) is 3.94. The van der Waals surface area contributed by atoms with Crippen LogP contribution in [0.15, 0.2) is 45.3 Å². The topological polar surface area (TPSA) is 61.7 Å². The molecule has 0 bridgehead atoms. The van der Waals surface area contributed by atoms with Crippen molar-refractivity contribution in [3.8, 4) is 11.8 Å². The monoisotopic (exact) mass is 459 g/mol. The van der Waals surface area contributed by atoms with Gasteiger partial charge in [0.15, 0.2) is 0 Å². The molecular formula is C19H15Br2N3O. The zero-order chi connectivity index (χ0) is 18.0. The van der Waals surface area contributed by atoms with Crippen LogP contribution in [-0.4, -0.2) is 16.1 Å². The van der Waals surface area contributed by atoms with Gasteiger partial charge in [0.25, 0.3) is 0 Å². The predicted molar refractivity (Wildman–Crippen MR) is 107 cm³/mol. The summed E-state index contributed by atoms with van der Waals surface area (Å²) in [6, 6.07) is 13.8. The van der Waals surface area contributed by atoms with E-state index in [4.69, 9.17) is 4.74 Å². The third-order valence-electron chi connectivity index (χ3n) is 3.46. The van der Waals surface area contributed by atoms with Gasteiger partial charge in [-0.3, -0.25) is 0 Å². The molecule has 0 unspecified atom stereocenters. The number of rotatable bonds is 4. The SMILES string of the molecule is CC(C)Oc1c(Br)cc(Br)cc1/C=C(\C#N)c1nc2ccccc2[nH]1. The highest BCUT2D eigenvalue weighted by atomic mass is 79.9. The highest BCUT2D eigenvalue weighted by Gasteiger charge is 2.14. The number of para-hydroxylation sites is 2. The summed E-state index contributed by atoms with van der Waals surface area (Å²) in [6.45, 7) is 3.93. The number of fused-ring (bicyclic) bond motifs is 1. The second kappa shape index (κ2) is 7.42. The second-order valence-corrected chi connectivity index (χ2v) is 7.51. The lowest BCUT2D eigenvalue weighted by Crippen LogP contribution is -2.07. The van der Waals surface area contributed by atoms with Crippen molar-refractivity contribution < 1.29 is 4.74 Å². The number of nitrogens with one attached hydrogen (secondary N) is 1. The Morgan fingerprint density at radius 1 is 1.28 bits per heavy atom. The summed E-state index contributed by atoms with van der Waals surface area (Å²) in [5.41, 5.74) is 2.96. The standard InChI is InChI=1S/C19H15Br2N3O/c1-11(2)25-18-12(8-14(20)9-15(18)21)7-13(10-22)19-23-16-5-3-4-6-17(16)24-19/h3-9,11H,1-2H3,(H,23,24)/b13-7+. The number of benzene rings is 2. The molecule has 0 saturated heterocycles. The first-order valence-corrected chi connectivity index (χ1v) is 9.29. The molecule has 0 aliphatic heterocycles. The number of nitrogens with zero attached hydrogens (tertiary/aromatic N) is 2. The molecule has 0 radical (unpaired) electrons. The van der Waals surface area contributed by atoms with Crippen LogP contribution in [0, 0.1) is 11.3 Å². The Kier molecular flexibility index (Phi) is 5.26. The number of aromatic amines is 1. The first-order valence-electron chi connectivity index (χ1n) is 7.70. The van der Waals surface area contributed by atoms with Crippen molar-refractivity contribution in [3.63, 3.8) is 0 Å². The van der Waals surface area contributed by atoms with E-state index in [-0.39, 0.29) is 6.10 Å². The molecule has 1 N–H and O–H groups in total. The smallest absolute Gasteiger partial charge is 0.149 e. The summed E-state index contributed by atoms with van der Waals surface area (Å²) >= 11 is 7.02. The summed E-state index contributed by atoms with van der Waals surface area (Å²) in [6.07, 6.45) is 1.80. The number of aromatic nitrogens is 2. The normalized spacial score (nSPS) is 11.8. The molecule has 1 aromatic heterocycles. The zero-order valence-corrected chi connectivity index (χ0v) is 16.8. The van der Waals surface area contributed by atoms with Crippen LogP contribution in [0.4, 0.5) is 0 Å². The summed E-state index contributed by atoms with van der Waals surface area (Å²) in [5, 5.41) is 9.63. The molecule has 0 aliphatic carbocycles. The summed E-state index contributed by atoms with van der Waals surface area (Å²) in [7, 11) is 0. The Morgan fingerprint density at radius 2 is 2.04 bits per heavy atom. The van der Waals surface area contributed by atoms with E-state index >= 15 is 0 Å². The number of halogens is 2. The van der Waals surface area contributed by atoms with E-state index in [0.29, 0.717) is 17.1 Å². The molecule has 0 saturated carbocycles. The van der Waals surface area contributed by atoms with E-state index in [9.17, 15) is 5.26 Å². The van der Waals surface area contributed by atoms with Crippen LogP contribution in [0.5, 0.6) is 5.75 Å². The van der Waals surface area contributed by atoms with Crippen LogP contribution >= 0.6 is 31.9 Å². The minimum Gasteiger partial charge on any atom is -0.489 e. The van der Waals surface area contributed by atoms with E-state index in [0.717, 1.165) is 25.5 Å². The van der Waals surface area contributed by atoms with Gasteiger partial charge in [-0.15, -0.1) is 0 Å². The van der Waals surface area contributed by atoms with Gasteiger partial charge < -0.3 is 9.72 Å². The Morgan fingerprint density at radius 3 is 2.72 bits per heavy atom. The molecular weight excluding hydrogens is 446 g/mol. The van der Waals surface area contributed by atoms with Crippen LogP contribution in [0.2, 0.25) is 0 Å². The van der Waals surface area contributed by atoms with E-state index in [1.807, 2.05) is 50.2 Å². The van der Waals surface area contributed by atoms with Gasteiger partial charge in [-0.25, -0.2) is 4.98 Å². The lowest BCUT2D eigenvalue weighted by molar-refractivity contribution is 0.240. The minimum atomic E-state index is 0.0152. The number of H-pyrrole nitrogens is 1. The molecule has 4 nitrogen and oxygen atoms in total. The minimum absolute atomic E-state index is 0.0152. The van der Waals surface area contributed by atoms with Gasteiger partial charge in [-0.05, 0) is 60.1 Å². The summed E-state index contributed by atoms with van der Waals surface area (Å²) in [5.74, 6) is 1.23. The predicted octanol–water partition coefficient (Wildman–Crippen LogP) is 5.94. The molecule has 0 atom stereocenters. The van der Waals surface area contributed by atoms with Gasteiger partial charge in [0.05, 0.1) is 27.2 Å². The van der Waals surface area contributed by atoms with Crippen molar-refractivity contribution in [2.24, 2.45) is 0 Å². The van der Waals surface area contributed by atoms with Gasteiger partial charge in [0.1, 0.15) is 17.6 Å². The van der Waals surface area contributed by atoms with Crippen LogP contribution in [-0.2, 0) is 0 Å². The van der Waals surface area contributed by atoms with Crippen molar-refractivity contribution in [1.82, 2.24) is 9.97 Å². The zero-order valence-electron chi connectivity index (χ0n) is 13.7. The van der Waals surface area contributed by atoms with Gasteiger partial charge in [0.2, 0.25) is 0 Å². The maximum Gasteiger partial charge on any atom is 0.149 e. The van der Waals surface area contributed by atoms with E-state index < -0.39 is 0 Å². The van der Waals surface area contributed by atoms with Crippen molar-refractivity contribution in [2.45, 2.75) is 20.0 Å². The second-order valence-electron chi connectivity index (χ2n) is 5.74. The number of allylic oxidation sites excluding steroid dienone is 1. The summed E-state index contributed by atoms with van der Waals surface area (Å²) < 4.78 is 7.63. The highest BCUT2D eigenvalue weighted by molar-refractivity contribution is 9.11. The number of nitriles is 1. The molecule has 0 fully saturated rings. The van der Waals surface area contributed by atoms with Crippen molar-refractivity contribution in [1.29, 1.82) is 5.26 Å². The third-order valence-corrected chi connectivity index (χ3v) is 4.50. The van der Waals surface area contributed by atoms with Gasteiger partial charge >= 0.3 is 0 Å². The first kappa shape index (κ1) is 17.7. The van der Waals surface area contributed by atoms with Gasteiger partial charge in [0, 0.05) is 10.0 Å². The molecule has 0 spiro atoms. The fourth-order valence-electron chi connectivity index (χ4n) is 2.44. The maximum atomic E-state index is 9.63.